The summed E-state index contributed by atoms with van der Waals surface area (Å²) in [6.45, 7) is 1.88. The van der Waals surface area contributed by atoms with Crippen molar-refractivity contribution in [1.29, 1.82) is 0 Å². The lowest BCUT2D eigenvalue weighted by molar-refractivity contribution is 0.613. The summed E-state index contributed by atoms with van der Waals surface area (Å²) in [5, 5.41) is 4.95. The number of aromatic amines is 1. The number of nitrogens with one attached hydrogen (secondary N) is 2. The predicted octanol–water partition coefficient (Wildman–Crippen LogP) is 5.48. The van der Waals surface area contributed by atoms with Crippen LogP contribution in [0, 0.1) is 0 Å². The summed E-state index contributed by atoms with van der Waals surface area (Å²) < 4.78 is 0. The molecule has 4 aromatic rings. The van der Waals surface area contributed by atoms with Gasteiger partial charge in [0.15, 0.2) is 0 Å². The second kappa shape index (κ2) is 8.03. The van der Waals surface area contributed by atoms with E-state index in [0.717, 1.165) is 19.5 Å². The minimum absolute atomic E-state index is 0.424. The summed E-state index contributed by atoms with van der Waals surface area (Å²) in [6.07, 6.45) is 3.09. The van der Waals surface area contributed by atoms with Crippen molar-refractivity contribution >= 4 is 10.9 Å². The molecule has 3 aromatic carbocycles. The second-order valence-electron chi connectivity index (χ2n) is 6.70. The first-order valence-corrected chi connectivity index (χ1v) is 9.27. The highest BCUT2D eigenvalue weighted by molar-refractivity contribution is 5.82. The minimum Gasteiger partial charge on any atom is -0.361 e. The average molecular weight is 340 g/mol. The topological polar surface area (TPSA) is 27.8 Å². The zero-order chi connectivity index (χ0) is 17.6. The maximum absolute atomic E-state index is 3.64. The summed E-state index contributed by atoms with van der Waals surface area (Å²) in [6, 6.07) is 30.2. The first-order chi connectivity index (χ1) is 12.9. The Kier molecular flexibility index (Phi) is 5.13. The van der Waals surface area contributed by atoms with Crippen LogP contribution >= 0.6 is 0 Å². The molecule has 0 aliphatic rings. The third-order valence-electron chi connectivity index (χ3n) is 5.01. The van der Waals surface area contributed by atoms with E-state index in [1.165, 1.54) is 27.6 Å². The Morgan fingerprint density at radius 3 is 2.12 bits per heavy atom. The normalized spacial score (nSPS) is 11.3. The van der Waals surface area contributed by atoms with Crippen LogP contribution < -0.4 is 5.32 Å². The molecular weight excluding hydrogens is 316 g/mol. The lowest BCUT2D eigenvalue weighted by Crippen LogP contribution is -2.18. The van der Waals surface area contributed by atoms with Crippen LogP contribution in [0.3, 0.4) is 0 Å². The molecule has 1 heterocycles. The smallest absolute Gasteiger partial charge is 0.0457 e. The van der Waals surface area contributed by atoms with E-state index in [1.807, 2.05) is 6.20 Å². The van der Waals surface area contributed by atoms with E-state index in [1.54, 1.807) is 0 Å². The molecule has 0 aliphatic carbocycles. The number of fused-ring (bicyclic) bond motifs is 1. The van der Waals surface area contributed by atoms with E-state index < -0.39 is 0 Å². The zero-order valence-corrected chi connectivity index (χ0v) is 14.9. The molecule has 0 unspecified atom stereocenters. The van der Waals surface area contributed by atoms with Crippen LogP contribution in [0.15, 0.2) is 91.1 Å². The number of hydrogen-bond acceptors (Lipinski definition) is 1. The predicted molar refractivity (Wildman–Crippen MR) is 109 cm³/mol. The van der Waals surface area contributed by atoms with Crippen LogP contribution in [-0.2, 0) is 6.54 Å². The number of rotatable bonds is 7. The molecule has 0 bridgehead atoms. The van der Waals surface area contributed by atoms with Gasteiger partial charge in [0.05, 0.1) is 0 Å². The van der Waals surface area contributed by atoms with Crippen molar-refractivity contribution in [2.75, 3.05) is 6.54 Å². The molecule has 1 aromatic heterocycles. The zero-order valence-electron chi connectivity index (χ0n) is 14.9. The molecule has 0 fully saturated rings. The Morgan fingerprint density at radius 1 is 0.731 bits per heavy atom. The number of aromatic nitrogens is 1. The molecule has 4 rings (SSSR count). The van der Waals surface area contributed by atoms with E-state index >= 15 is 0 Å². The maximum atomic E-state index is 3.64. The van der Waals surface area contributed by atoms with Crippen molar-refractivity contribution in [1.82, 2.24) is 10.3 Å². The van der Waals surface area contributed by atoms with E-state index in [9.17, 15) is 0 Å². The molecule has 0 spiro atoms. The minimum atomic E-state index is 0.424. The summed E-state index contributed by atoms with van der Waals surface area (Å²) >= 11 is 0. The lowest BCUT2D eigenvalue weighted by atomic mass is 9.88. The fourth-order valence-corrected chi connectivity index (χ4v) is 3.67. The van der Waals surface area contributed by atoms with Crippen LogP contribution in [0.5, 0.6) is 0 Å². The van der Waals surface area contributed by atoms with E-state index in [4.69, 9.17) is 0 Å². The molecule has 26 heavy (non-hydrogen) atoms. The number of hydrogen-bond donors (Lipinski definition) is 2. The van der Waals surface area contributed by atoms with E-state index in [0.29, 0.717) is 5.92 Å². The van der Waals surface area contributed by atoms with Gasteiger partial charge in [0.1, 0.15) is 0 Å². The van der Waals surface area contributed by atoms with Gasteiger partial charge in [0.25, 0.3) is 0 Å². The highest BCUT2D eigenvalue weighted by Crippen LogP contribution is 2.27. The summed E-state index contributed by atoms with van der Waals surface area (Å²) in [5.41, 5.74) is 5.32. The van der Waals surface area contributed by atoms with Crippen molar-refractivity contribution in [3.8, 4) is 0 Å². The van der Waals surface area contributed by atoms with E-state index in [-0.39, 0.29) is 0 Å². The standard InChI is InChI=1S/C24H24N2/c1-3-8-19(9-4-1)22(20-10-5-2-6-11-20)14-16-25-18-21-12-7-13-24-23(21)15-17-26-24/h1-13,15,17,22,25-26H,14,16,18H2. The largest absolute Gasteiger partial charge is 0.361 e. The highest BCUT2D eigenvalue weighted by atomic mass is 14.8. The Balaban J connectivity index is 1.43. The lowest BCUT2D eigenvalue weighted by Gasteiger charge is -2.18. The summed E-state index contributed by atoms with van der Waals surface area (Å²) in [7, 11) is 0. The molecule has 0 saturated carbocycles. The maximum Gasteiger partial charge on any atom is 0.0457 e. The Bertz CT molecular complexity index is 902. The SMILES string of the molecule is c1ccc(C(CCNCc2cccc3[nH]ccc23)c2ccccc2)cc1. The van der Waals surface area contributed by atoms with Crippen LogP contribution in [0.1, 0.15) is 29.0 Å². The Labute approximate surface area is 154 Å². The van der Waals surface area contributed by atoms with Crippen LogP contribution in [0.2, 0.25) is 0 Å². The third-order valence-corrected chi connectivity index (χ3v) is 5.01. The number of benzene rings is 3. The molecule has 2 N–H and O–H groups in total. The molecule has 130 valence electrons. The molecule has 0 saturated heterocycles. The molecule has 0 aliphatic heterocycles. The number of H-pyrrole nitrogens is 1. The van der Waals surface area contributed by atoms with E-state index in [2.05, 4.69) is 95.2 Å². The van der Waals surface area contributed by atoms with Gasteiger partial charge in [0, 0.05) is 29.6 Å². The van der Waals surface area contributed by atoms with Gasteiger partial charge in [-0.2, -0.15) is 0 Å². The Morgan fingerprint density at radius 2 is 1.42 bits per heavy atom. The fourth-order valence-electron chi connectivity index (χ4n) is 3.67. The Hall–Kier alpha value is -2.84. The van der Waals surface area contributed by atoms with Crippen molar-refractivity contribution < 1.29 is 0 Å². The molecule has 2 nitrogen and oxygen atoms in total. The van der Waals surface area contributed by atoms with Gasteiger partial charge in [0.2, 0.25) is 0 Å². The van der Waals surface area contributed by atoms with Crippen molar-refractivity contribution in [3.05, 3.63) is 108 Å². The van der Waals surface area contributed by atoms with Gasteiger partial charge in [-0.1, -0.05) is 72.8 Å². The molecular formula is C24H24N2. The van der Waals surface area contributed by atoms with Crippen LogP contribution in [-0.4, -0.2) is 11.5 Å². The van der Waals surface area contributed by atoms with Crippen molar-refractivity contribution in [2.45, 2.75) is 18.9 Å². The van der Waals surface area contributed by atoms with Gasteiger partial charge >= 0.3 is 0 Å². The van der Waals surface area contributed by atoms with Crippen LogP contribution in [0.4, 0.5) is 0 Å². The van der Waals surface area contributed by atoms with Gasteiger partial charge in [-0.15, -0.1) is 0 Å². The summed E-state index contributed by atoms with van der Waals surface area (Å²) in [4.78, 5) is 3.28. The van der Waals surface area contributed by atoms with Crippen LogP contribution in [0.25, 0.3) is 10.9 Å². The molecule has 2 heteroatoms. The van der Waals surface area contributed by atoms with Gasteiger partial charge in [-0.25, -0.2) is 0 Å². The average Bonchev–Trinajstić information content (AvgIpc) is 3.19. The first kappa shape index (κ1) is 16.6. The van der Waals surface area contributed by atoms with Gasteiger partial charge < -0.3 is 10.3 Å². The quantitative estimate of drug-likeness (QED) is 0.428. The monoisotopic (exact) mass is 340 g/mol. The van der Waals surface area contributed by atoms with Crippen molar-refractivity contribution in [2.24, 2.45) is 0 Å². The van der Waals surface area contributed by atoms with Gasteiger partial charge in [-0.3, -0.25) is 0 Å². The highest BCUT2D eigenvalue weighted by Gasteiger charge is 2.13. The van der Waals surface area contributed by atoms with Crippen molar-refractivity contribution in [3.63, 3.8) is 0 Å². The second-order valence-corrected chi connectivity index (χ2v) is 6.70. The molecule has 0 radical (unpaired) electrons. The molecule has 0 amide bonds. The molecule has 0 atom stereocenters. The fraction of sp³-hybridized carbons (Fsp3) is 0.167. The third kappa shape index (κ3) is 3.71. The first-order valence-electron chi connectivity index (χ1n) is 9.27. The van der Waals surface area contributed by atoms with Gasteiger partial charge in [-0.05, 0) is 41.8 Å². The summed E-state index contributed by atoms with van der Waals surface area (Å²) in [5.74, 6) is 0.424.